The van der Waals surface area contributed by atoms with Crippen molar-refractivity contribution in [1.29, 1.82) is 0 Å². The first-order valence-corrected chi connectivity index (χ1v) is 7.02. The van der Waals surface area contributed by atoms with Gasteiger partial charge in [-0.15, -0.1) is 0 Å². The van der Waals surface area contributed by atoms with Gasteiger partial charge < -0.3 is 10.2 Å². The summed E-state index contributed by atoms with van der Waals surface area (Å²) in [6.45, 7) is 2.75. The highest BCUT2D eigenvalue weighted by Crippen LogP contribution is 2.33. The number of hydrogen-bond acceptors (Lipinski definition) is 3. The van der Waals surface area contributed by atoms with Gasteiger partial charge in [-0.2, -0.15) is 0 Å². The van der Waals surface area contributed by atoms with Crippen LogP contribution in [0.3, 0.4) is 0 Å². The fourth-order valence-electron chi connectivity index (χ4n) is 2.81. The summed E-state index contributed by atoms with van der Waals surface area (Å²) in [7, 11) is 0. The molecular weight excluding hydrogens is 250 g/mol. The summed E-state index contributed by atoms with van der Waals surface area (Å²) in [6, 6.07) is 13.9. The molecule has 0 saturated heterocycles. The van der Waals surface area contributed by atoms with Crippen molar-refractivity contribution in [1.82, 2.24) is 4.90 Å². The fraction of sp³-hybridized carbons (Fsp3) is 0.294. The quantitative estimate of drug-likeness (QED) is 0.838. The predicted molar refractivity (Wildman–Crippen MR) is 78.6 cm³/mol. The van der Waals surface area contributed by atoms with E-state index in [1.807, 2.05) is 6.07 Å². The summed E-state index contributed by atoms with van der Waals surface area (Å²) in [6.07, 6.45) is 2.21. The maximum atomic E-state index is 9.53. The Bertz CT molecular complexity index is 564. The highest BCUT2D eigenvalue weighted by molar-refractivity contribution is 5.46. The first-order chi connectivity index (χ1) is 9.72. The predicted octanol–water partition coefficient (Wildman–Crippen LogP) is 3.05. The molecule has 2 aromatic rings. The Morgan fingerprint density at radius 3 is 2.10 bits per heavy atom. The normalized spacial score (nSPS) is 14.4. The second-order valence-electron chi connectivity index (χ2n) is 5.41. The number of nitrogens with zero attached hydrogens (tertiary/aromatic N) is 1. The maximum absolute atomic E-state index is 9.53. The molecule has 0 fully saturated rings. The van der Waals surface area contributed by atoms with Crippen molar-refractivity contribution in [3.05, 3.63) is 59.2 Å². The zero-order valence-corrected chi connectivity index (χ0v) is 11.4. The van der Waals surface area contributed by atoms with E-state index in [2.05, 4.69) is 29.2 Å². The van der Waals surface area contributed by atoms with E-state index in [1.54, 1.807) is 12.1 Å². The van der Waals surface area contributed by atoms with Crippen LogP contribution in [0.1, 0.15) is 23.1 Å². The summed E-state index contributed by atoms with van der Waals surface area (Å²) < 4.78 is 0. The smallest absolute Gasteiger partial charge is 0.157 e. The van der Waals surface area contributed by atoms with Crippen molar-refractivity contribution in [2.75, 3.05) is 6.54 Å². The summed E-state index contributed by atoms with van der Waals surface area (Å²) in [5.41, 5.74) is 3.62. The molecule has 3 heteroatoms. The molecule has 0 spiro atoms. The molecule has 0 amide bonds. The van der Waals surface area contributed by atoms with E-state index in [-0.39, 0.29) is 11.5 Å². The summed E-state index contributed by atoms with van der Waals surface area (Å²) in [4.78, 5) is 2.35. The first kappa shape index (κ1) is 13.0. The molecule has 1 aliphatic rings. The maximum Gasteiger partial charge on any atom is 0.157 e. The van der Waals surface area contributed by atoms with Gasteiger partial charge in [-0.25, -0.2) is 0 Å². The zero-order chi connectivity index (χ0) is 13.9. The number of phenolic OH excluding ortho intramolecular Hbond substituents is 2. The highest BCUT2D eigenvalue weighted by Gasteiger charge is 2.20. The second-order valence-corrected chi connectivity index (χ2v) is 5.41. The van der Waals surface area contributed by atoms with Crippen molar-refractivity contribution in [2.45, 2.75) is 25.9 Å². The van der Waals surface area contributed by atoms with E-state index in [4.69, 9.17) is 0 Å². The topological polar surface area (TPSA) is 43.7 Å². The Labute approximate surface area is 119 Å². The Morgan fingerprint density at radius 1 is 0.900 bits per heavy atom. The Kier molecular flexibility index (Phi) is 3.61. The number of aromatic hydroxyl groups is 2. The molecule has 0 aliphatic carbocycles. The van der Waals surface area contributed by atoms with Crippen LogP contribution in [-0.4, -0.2) is 21.7 Å². The molecule has 2 aromatic carbocycles. The van der Waals surface area contributed by atoms with Crippen LogP contribution < -0.4 is 0 Å². The molecule has 0 aromatic heterocycles. The van der Waals surface area contributed by atoms with Gasteiger partial charge in [0.2, 0.25) is 0 Å². The minimum atomic E-state index is -0.0186. The molecule has 1 aliphatic heterocycles. The van der Waals surface area contributed by atoms with Crippen LogP contribution in [0.2, 0.25) is 0 Å². The molecule has 0 saturated carbocycles. The average Bonchev–Trinajstić information content (AvgIpc) is 2.82. The zero-order valence-electron chi connectivity index (χ0n) is 11.4. The highest BCUT2D eigenvalue weighted by atomic mass is 16.3. The number of rotatable bonds is 4. The van der Waals surface area contributed by atoms with Crippen LogP contribution in [0.25, 0.3) is 0 Å². The molecule has 104 valence electrons. The monoisotopic (exact) mass is 269 g/mol. The average molecular weight is 269 g/mol. The third kappa shape index (κ3) is 2.78. The van der Waals surface area contributed by atoms with Crippen LogP contribution in [0.15, 0.2) is 42.5 Å². The number of benzene rings is 2. The van der Waals surface area contributed by atoms with Gasteiger partial charge in [0, 0.05) is 13.1 Å². The summed E-state index contributed by atoms with van der Waals surface area (Å²) >= 11 is 0. The number of aryl methyl sites for hydroxylation is 1. The van der Waals surface area contributed by atoms with Gasteiger partial charge in [-0.05, 0) is 48.2 Å². The van der Waals surface area contributed by atoms with Gasteiger partial charge in [0.25, 0.3) is 0 Å². The molecule has 1 heterocycles. The van der Waals surface area contributed by atoms with E-state index in [1.165, 1.54) is 5.56 Å². The van der Waals surface area contributed by atoms with Gasteiger partial charge in [0.05, 0.1) is 0 Å². The lowest BCUT2D eigenvalue weighted by Crippen LogP contribution is -2.18. The summed E-state index contributed by atoms with van der Waals surface area (Å²) in [5, 5.41) is 19.1. The minimum absolute atomic E-state index is 0.0186. The first-order valence-electron chi connectivity index (χ1n) is 7.02. The lowest BCUT2D eigenvalue weighted by molar-refractivity contribution is 0.280. The number of hydrogen-bond donors (Lipinski definition) is 2. The van der Waals surface area contributed by atoms with E-state index in [9.17, 15) is 10.2 Å². The van der Waals surface area contributed by atoms with Gasteiger partial charge >= 0.3 is 0 Å². The SMILES string of the molecule is Oc1cc2c(cc1O)CN(CCCc1ccccc1)C2. The second kappa shape index (κ2) is 5.55. The number of fused-ring (bicyclic) bond motifs is 1. The van der Waals surface area contributed by atoms with Crippen LogP contribution in [0.5, 0.6) is 11.5 Å². The molecule has 0 radical (unpaired) electrons. The van der Waals surface area contributed by atoms with Crippen molar-refractivity contribution in [3.63, 3.8) is 0 Å². The van der Waals surface area contributed by atoms with Crippen LogP contribution in [0, 0.1) is 0 Å². The van der Waals surface area contributed by atoms with Gasteiger partial charge in [0.15, 0.2) is 11.5 Å². The standard InChI is InChI=1S/C17H19NO2/c19-16-9-14-11-18(12-15(14)10-17(16)20)8-4-7-13-5-2-1-3-6-13/h1-3,5-6,9-10,19-20H,4,7-8,11-12H2. The third-order valence-corrected chi connectivity index (χ3v) is 3.87. The van der Waals surface area contributed by atoms with Crippen molar-refractivity contribution in [2.24, 2.45) is 0 Å². The van der Waals surface area contributed by atoms with E-state index in [0.717, 1.165) is 43.6 Å². The van der Waals surface area contributed by atoms with Crippen LogP contribution >= 0.6 is 0 Å². The van der Waals surface area contributed by atoms with Crippen molar-refractivity contribution in [3.8, 4) is 11.5 Å². The Hall–Kier alpha value is -2.00. The van der Waals surface area contributed by atoms with E-state index in [0.29, 0.717) is 0 Å². The lowest BCUT2D eigenvalue weighted by Gasteiger charge is -2.14. The molecule has 20 heavy (non-hydrogen) atoms. The molecule has 0 bridgehead atoms. The summed E-state index contributed by atoms with van der Waals surface area (Å²) in [5.74, 6) is -0.0372. The van der Waals surface area contributed by atoms with E-state index < -0.39 is 0 Å². The molecule has 3 nitrogen and oxygen atoms in total. The molecule has 0 unspecified atom stereocenters. The van der Waals surface area contributed by atoms with Gasteiger partial charge in [-0.1, -0.05) is 30.3 Å². The van der Waals surface area contributed by atoms with Gasteiger partial charge in [0.1, 0.15) is 0 Å². The van der Waals surface area contributed by atoms with Crippen LogP contribution in [0.4, 0.5) is 0 Å². The van der Waals surface area contributed by atoms with Crippen molar-refractivity contribution < 1.29 is 10.2 Å². The Morgan fingerprint density at radius 2 is 1.50 bits per heavy atom. The number of phenols is 2. The lowest BCUT2D eigenvalue weighted by atomic mass is 10.1. The molecular formula is C17H19NO2. The Balaban J connectivity index is 1.54. The van der Waals surface area contributed by atoms with E-state index >= 15 is 0 Å². The molecule has 3 rings (SSSR count). The van der Waals surface area contributed by atoms with Crippen LogP contribution in [-0.2, 0) is 19.5 Å². The van der Waals surface area contributed by atoms with Crippen molar-refractivity contribution >= 4 is 0 Å². The largest absolute Gasteiger partial charge is 0.504 e. The van der Waals surface area contributed by atoms with Gasteiger partial charge in [-0.3, -0.25) is 4.90 Å². The fourth-order valence-corrected chi connectivity index (χ4v) is 2.81. The molecule has 0 atom stereocenters. The third-order valence-electron chi connectivity index (χ3n) is 3.87. The molecule has 2 N–H and O–H groups in total. The minimum Gasteiger partial charge on any atom is -0.504 e.